The molecule has 164 valence electrons. The van der Waals surface area contributed by atoms with Crippen LogP contribution in [-0.2, 0) is 9.53 Å². The fourth-order valence-corrected chi connectivity index (χ4v) is 4.67. The second-order valence-electron chi connectivity index (χ2n) is 7.59. The van der Waals surface area contributed by atoms with Crippen LogP contribution in [0.4, 0.5) is 5.13 Å². The normalized spacial score (nSPS) is 14.7. The number of hydrogen-bond donors (Lipinski definition) is 0. The molecular formula is C23H26ClN3O3S. The van der Waals surface area contributed by atoms with Crippen molar-refractivity contribution in [3.63, 3.8) is 0 Å². The average Bonchev–Trinajstić information content (AvgIpc) is 3.21. The molecule has 8 heteroatoms. The van der Waals surface area contributed by atoms with Gasteiger partial charge in [0.15, 0.2) is 11.7 Å². The van der Waals surface area contributed by atoms with Crippen LogP contribution in [0.2, 0.25) is 5.02 Å². The number of rotatable bonds is 7. The molecule has 6 nitrogen and oxygen atoms in total. The highest BCUT2D eigenvalue weighted by Crippen LogP contribution is 2.32. The molecule has 0 aliphatic carbocycles. The second kappa shape index (κ2) is 9.96. The maximum absolute atomic E-state index is 13.2. The molecule has 4 rings (SSSR count). The van der Waals surface area contributed by atoms with E-state index in [2.05, 4.69) is 30.9 Å². The molecule has 1 aliphatic rings. The van der Waals surface area contributed by atoms with E-state index in [0.29, 0.717) is 22.4 Å². The van der Waals surface area contributed by atoms with Gasteiger partial charge in [0.25, 0.3) is 5.91 Å². The molecule has 0 atom stereocenters. The van der Waals surface area contributed by atoms with E-state index >= 15 is 0 Å². The molecule has 0 saturated carbocycles. The minimum atomic E-state index is -0.114. The Hall–Kier alpha value is -2.19. The summed E-state index contributed by atoms with van der Waals surface area (Å²) in [5.41, 5.74) is 3.31. The number of halogens is 1. The van der Waals surface area contributed by atoms with Crippen molar-refractivity contribution in [1.29, 1.82) is 0 Å². The number of aromatic nitrogens is 1. The summed E-state index contributed by atoms with van der Waals surface area (Å²) in [5, 5.41) is 1.34. The topological polar surface area (TPSA) is 54.9 Å². The SMILES string of the molecule is Cc1ccc2sc(N(CCN3CCOCC3)C(=O)COc3ccc(Cl)cc3)nc2c1C. The van der Waals surface area contributed by atoms with E-state index in [1.807, 2.05) is 0 Å². The standard InChI is InChI=1S/C23H26ClN3O3S/c1-16-3-8-20-22(17(16)2)25-23(31-20)27(10-9-26-11-13-29-14-12-26)21(28)15-30-19-6-4-18(24)5-7-19/h3-8H,9-15H2,1-2H3. The molecule has 0 unspecified atom stereocenters. The minimum absolute atomic E-state index is 0.0569. The number of morpholine rings is 1. The number of benzene rings is 2. The number of fused-ring (bicyclic) bond motifs is 1. The summed E-state index contributed by atoms with van der Waals surface area (Å²) in [5.74, 6) is 0.498. The lowest BCUT2D eigenvalue weighted by Gasteiger charge is -2.29. The number of anilines is 1. The van der Waals surface area contributed by atoms with E-state index in [1.165, 1.54) is 5.56 Å². The van der Waals surface area contributed by atoms with Gasteiger partial charge in [-0.15, -0.1) is 0 Å². The molecule has 1 saturated heterocycles. The highest BCUT2D eigenvalue weighted by Gasteiger charge is 2.22. The first kappa shape index (κ1) is 22.0. The van der Waals surface area contributed by atoms with E-state index in [0.717, 1.165) is 48.6 Å². The summed E-state index contributed by atoms with van der Waals surface area (Å²) < 4.78 is 12.2. The van der Waals surface area contributed by atoms with Gasteiger partial charge in [-0.25, -0.2) is 4.98 Å². The lowest BCUT2D eigenvalue weighted by Crippen LogP contribution is -2.44. The van der Waals surface area contributed by atoms with Crippen molar-refractivity contribution in [2.24, 2.45) is 0 Å². The molecule has 1 amide bonds. The molecule has 0 radical (unpaired) electrons. The Morgan fingerprint density at radius 2 is 1.94 bits per heavy atom. The predicted molar refractivity (Wildman–Crippen MR) is 126 cm³/mol. The van der Waals surface area contributed by atoms with Crippen LogP contribution in [0.25, 0.3) is 10.2 Å². The third kappa shape index (κ3) is 5.36. The molecule has 1 aromatic heterocycles. The van der Waals surface area contributed by atoms with Crippen LogP contribution < -0.4 is 9.64 Å². The van der Waals surface area contributed by atoms with Crippen LogP contribution in [0.15, 0.2) is 36.4 Å². The van der Waals surface area contributed by atoms with Gasteiger partial charge in [-0.05, 0) is 55.3 Å². The van der Waals surface area contributed by atoms with E-state index in [9.17, 15) is 4.79 Å². The molecule has 0 N–H and O–H groups in total. The maximum atomic E-state index is 13.2. The largest absolute Gasteiger partial charge is 0.484 e. The molecule has 2 heterocycles. The molecule has 1 fully saturated rings. The number of nitrogens with zero attached hydrogens (tertiary/aromatic N) is 3. The quantitative estimate of drug-likeness (QED) is 0.527. The lowest BCUT2D eigenvalue weighted by molar-refractivity contribution is -0.120. The highest BCUT2D eigenvalue weighted by atomic mass is 35.5. The number of carbonyl (C=O) groups is 1. The molecule has 3 aromatic rings. The van der Waals surface area contributed by atoms with E-state index in [-0.39, 0.29) is 12.5 Å². The number of amides is 1. The van der Waals surface area contributed by atoms with E-state index in [1.54, 1.807) is 40.5 Å². The van der Waals surface area contributed by atoms with Crippen LogP contribution in [0.1, 0.15) is 11.1 Å². The first-order valence-electron chi connectivity index (χ1n) is 10.4. The zero-order valence-corrected chi connectivity index (χ0v) is 19.3. The van der Waals surface area contributed by atoms with Gasteiger partial charge in [-0.2, -0.15) is 0 Å². The number of ether oxygens (including phenoxy) is 2. The molecule has 0 spiro atoms. The Kier molecular flexibility index (Phi) is 7.07. The van der Waals surface area contributed by atoms with E-state index in [4.69, 9.17) is 26.1 Å². The Morgan fingerprint density at radius 3 is 2.68 bits per heavy atom. The van der Waals surface area contributed by atoms with Gasteiger partial charge >= 0.3 is 0 Å². The summed E-state index contributed by atoms with van der Waals surface area (Å²) in [6.07, 6.45) is 0. The zero-order valence-electron chi connectivity index (χ0n) is 17.8. The minimum Gasteiger partial charge on any atom is -0.484 e. The predicted octanol–water partition coefficient (Wildman–Crippen LogP) is 4.31. The number of thiazole rings is 1. The van der Waals surface area contributed by atoms with Crippen molar-refractivity contribution in [1.82, 2.24) is 9.88 Å². The lowest BCUT2D eigenvalue weighted by atomic mass is 10.1. The molecule has 31 heavy (non-hydrogen) atoms. The summed E-state index contributed by atoms with van der Waals surface area (Å²) in [6, 6.07) is 11.2. The molecule has 1 aliphatic heterocycles. The summed E-state index contributed by atoms with van der Waals surface area (Å²) >= 11 is 7.48. The first-order chi connectivity index (χ1) is 15.0. The van der Waals surface area contributed by atoms with Crippen molar-refractivity contribution >= 4 is 44.2 Å². The van der Waals surface area contributed by atoms with Gasteiger partial charge in [0.1, 0.15) is 5.75 Å². The summed E-state index contributed by atoms with van der Waals surface area (Å²) in [4.78, 5) is 22.1. The summed E-state index contributed by atoms with van der Waals surface area (Å²) in [7, 11) is 0. The molecule has 2 aromatic carbocycles. The number of carbonyl (C=O) groups excluding carboxylic acids is 1. The Bertz CT molecular complexity index is 1050. The smallest absolute Gasteiger partial charge is 0.266 e. The second-order valence-corrected chi connectivity index (χ2v) is 9.04. The van der Waals surface area contributed by atoms with Crippen LogP contribution in [0.3, 0.4) is 0 Å². The van der Waals surface area contributed by atoms with Gasteiger partial charge in [0, 0.05) is 31.2 Å². The van der Waals surface area contributed by atoms with Gasteiger partial charge < -0.3 is 9.47 Å². The summed E-state index contributed by atoms with van der Waals surface area (Å²) in [6.45, 7) is 8.63. The molecule has 0 bridgehead atoms. The van der Waals surface area contributed by atoms with E-state index < -0.39 is 0 Å². The maximum Gasteiger partial charge on any atom is 0.266 e. The highest BCUT2D eigenvalue weighted by molar-refractivity contribution is 7.22. The molecular weight excluding hydrogens is 434 g/mol. The van der Waals surface area contributed by atoms with Crippen LogP contribution in [0, 0.1) is 13.8 Å². The van der Waals surface area contributed by atoms with Crippen molar-refractivity contribution < 1.29 is 14.3 Å². The average molecular weight is 460 g/mol. The zero-order chi connectivity index (χ0) is 21.8. The van der Waals surface area contributed by atoms with Crippen molar-refractivity contribution in [2.75, 3.05) is 50.9 Å². The monoisotopic (exact) mass is 459 g/mol. The van der Waals surface area contributed by atoms with Crippen LogP contribution >= 0.6 is 22.9 Å². The Morgan fingerprint density at radius 1 is 1.19 bits per heavy atom. The van der Waals surface area contributed by atoms with Crippen molar-refractivity contribution in [3.8, 4) is 5.75 Å². The van der Waals surface area contributed by atoms with Gasteiger partial charge in [0.05, 0.1) is 23.4 Å². The number of hydrogen-bond acceptors (Lipinski definition) is 6. The third-order valence-corrected chi connectivity index (χ3v) is 6.82. The third-order valence-electron chi connectivity index (χ3n) is 5.52. The van der Waals surface area contributed by atoms with Crippen LogP contribution in [-0.4, -0.2) is 61.8 Å². The van der Waals surface area contributed by atoms with Crippen molar-refractivity contribution in [3.05, 3.63) is 52.5 Å². The van der Waals surface area contributed by atoms with Gasteiger partial charge in [-0.1, -0.05) is 29.0 Å². The Balaban J connectivity index is 1.53. The fourth-order valence-electron chi connectivity index (χ4n) is 3.48. The van der Waals surface area contributed by atoms with Crippen LogP contribution in [0.5, 0.6) is 5.75 Å². The Labute approximate surface area is 191 Å². The van der Waals surface area contributed by atoms with Crippen molar-refractivity contribution in [2.45, 2.75) is 13.8 Å². The first-order valence-corrected chi connectivity index (χ1v) is 11.6. The fraction of sp³-hybridized carbons (Fsp3) is 0.391. The number of aryl methyl sites for hydroxylation is 2. The van der Waals surface area contributed by atoms with Gasteiger partial charge in [-0.3, -0.25) is 14.6 Å². The van der Waals surface area contributed by atoms with Gasteiger partial charge in [0.2, 0.25) is 0 Å².